The molecule has 2 aromatic rings. The van der Waals surface area contributed by atoms with Crippen molar-refractivity contribution < 1.29 is 28.6 Å². The van der Waals surface area contributed by atoms with E-state index in [4.69, 9.17) is 14.2 Å². The molecule has 0 spiro atoms. The number of Topliss-reactive ketones (excluding diaryl/α,β-unsaturated/α-hetero) is 1. The van der Waals surface area contributed by atoms with Crippen molar-refractivity contribution in [3.05, 3.63) is 74.3 Å². The monoisotopic (exact) mass is 495 g/mol. The minimum atomic E-state index is -0.904. The summed E-state index contributed by atoms with van der Waals surface area (Å²) in [6.07, 6.45) is 0.507. The van der Waals surface area contributed by atoms with Crippen molar-refractivity contribution in [3.63, 3.8) is 0 Å². The van der Waals surface area contributed by atoms with E-state index < -0.39 is 23.8 Å². The maximum Gasteiger partial charge on any atom is 0.337 e. The minimum Gasteiger partial charge on any atom is -0.497 e. The number of hydrogen-bond donors (Lipinski definition) is 1. The molecule has 3 atom stereocenters. The number of ether oxygens (including phenoxy) is 3. The van der Waals surface area contributed by atoms with Crippen molar-refractivity contribution in [1.29, 1.82) is 0 Å². The van der Waals surface area contributed by atoms with Gasteiger partial charge in [-0.25, -0.2) is 4.79 Å². The third-order valence-electron chi connectivity index (χ3n) is 6.54. The summed E-state index contributed by atoms with van der Waals surface area (Å²) in [4.78, 5) is 41.6. The first-order valence-electron chi connectivity index (χ1n) is 11.4. The predicted octanol–water partition coefficient (Wildman–Crippen LogP) is 4.42. The summed E-state index contributed by atoms with van der Waals surface area (Å²) in [5.74, 6) is -2.38. The molecule has 0 amide bonds. The topological polar surface area (TPSA) is 90.9 Å². The van der Waals surface area contributed by atoms with Crippen LogP contribution in [0.3, 0.4) is 0 Å². The molecule has 184 valence electrons. The summed E-state index contributed by atoms with van der Waals surface area (Å²) in [6.45, 7) is 5.75. The van der Waals surface area contributed by atoms with E-state index in [0.29, 0.717) is 29.0 Å². The number of dihydropyridines is 1. The van der Waals surface area contributed by atoms with E-state index in [9.17, 15) is 14.4 Å². The van der Waals surface area contributed by atoms with Gasteiger partial charge in [-0.2, -0.15) is 0 Å². The summed E-state index contributed by atoms with van der Waals surface area (Å²) >= 11 is 1.52. The molecule has 0 bridgehead atoms. The molecular weight excluding hydrogens is 466 g/mol. The molecule has 8 heteroatoms. The Labute approximate surface area is 208 Å². The zero-order valence-corrected chi connectivity index (χ0v) is 21.3. The highest BCUT2D eigenvalue weighted by Gasteiger charge is 2.47. The lowest BCUT2D eigenvalue weighted by Crippen LogP contribution is -2.43. The van der Waals surface area contributed by atoms with Gasteiger partial charge in [-0.15, -0.1) is 11.3 Å². The van der Waals surface area contributed by atoms with Crippen molar-refractivity contribution in [2.45, 2.75) is 39.7 Å². The zero-order chi connectivity index (χ0) is 25.3. The SMILES string of the molecule is COC(=O)[C@@H]1C(=O)C2=C(C[C@H]1C)NC(C)=C(C(=O)OCc1ccc(OC)cc1)[C@@H]2c1ccc(C)s1. The molecule has 1 aliphatic carbocycles. The molecule has 0 saturated heterocycles. The van der Waals surface area contributed by atoms with Gasteiger partial charge in [0.15, 0.2) is 5.78 Å². The fourth-order valence-electron chi connectivity index (χ4n) is 4.79. The van der Waals surface area contributed by atoms with E-state index in [1.807, 2.05) is 45.0 Å². The Morgan fingerprint density at radius 1 is 1.09 bits per heavy atom. The number of aryl methyl sites for hydroxylation is 1. The number of thiophene rings is 1. The van der Waals surface area contributed by atoms with Gasteiger partial charge < -0.3 is 19.5 Å². The summed E-state index contributed by atoms with van der Waals surface area (Å²) in [6, 6.07) is 11.2. The lowest BCUT2D eigenvalue weighted by molar-refractivity contribution is -0.151. The van der Waals surface area contributed by atoms with Gasteiger partial charge in [0.05, 0.1) is 25.7 Å². The normalized spacial score (nSPS) is 21.9. The van der Waals surface area contributed by atoms with Crippen LogP contribution in [0.2, 0.25) is 0 Å². The maximum absolute atomic E-state index is 13.7. The Morgan fingerprint density at radius 3 is 2.40 bits per heavy atom. The van der Waals surface area contributed by atoms with Crippen molar-refractivity contribution in [2.75, 3.05) is 14.2 Å². The predicted molar refractivity (Wildman–Crippen MR) is 132 cm³/mol. The fraction of sp³-hybridized carbons (Fsp3) is 0.370. The molecular formula is C27H29NO6S. The smallest absolute Gasteiger partial charge is 0.337 e. The average molecular weight is 496 g/mol. The molecule has 7 nitrogen and oxygen atoms in total. The number of nitrogens with one attached hydrogen (secondary N) is 1. The molecule has 1 aromatic heterocycles. The zero-order valence-electron chi connectivity index (χ0n) is 20.5. The van der Waals surface area contributed by atoms with Gasteiger partial charge in [0.25, 0.3) is 0 Å². The van der Waals surface area contributed by atoms with E-state index in [0.717, 1.165) is 21.0 Å². The van der Waals surface area contributed by atoms with Crippen LogP contribution in [-0.2, 0) is 30.5 Å². The summed E-state index contributed by atoms with van der Waals surface area (Å²) < 4.78 is 15.8. The second-order valence-electron chi connectivity index (χ2n) is 8.91. The van der Waals surface area contributed by atoms with Gasteiger partial charge in [-0.3, -0.25) is 9.59 Å². The van der Waals surface area contributed by atoms with Gasteiger partial charge in [-0.05, 0) is 56.0 Å². The molecule has 35 heavy (non-hydrogen) atoms. The molecule has 1 N–H and O–H groups in total. The number of carbonyl (C=O) groups excluding carboxylic acids is 3. The third kappa shape index (κ3) is 4.75. The van der Waals surface area contributed by atoms with Crippen LogP contribution in [0.1, 0.15) is 41.5 Å². The first-order valence-corrected chi connectivity index (χ1v) is 12.3. The minimum absolute atomic E-state index is 0.0808. The maximum atomic E-state index is 13.7. The summed E-state index contributed by atoms with van der Waals surface area (Å²) in [5, 5.41) is 3.28. The third-order valence-corrected chi connectivity index (χ3v) is 7.60. The van der Waals surface area contributed by atoms with Crippen LogP contribution in [0, 0.1) is 18.8 Å². The molecule has 0 radical (unpaired) electrons. The molecule has 0 saturated carbocycles. The fourth-order valence-corrected chi connectivity index (χ4v) is 5.79. The summed E-state index contributed by atoms with van der Waals surface area (Å²) in [5.41, 5.74) is 3.05. The van der Waals surface area contributed by atoms with Crippen molar-refractivity contribution in [3.8, 4) is 5.75 Å². The highest BCUT2D eigenvalue weighted by molar-refractivity contribution is 7.12. The van der Waals surface area contributed by atoms with E-state index in [1.165, 1.54) is 18.4 Å². The first-order chi connectivity index (χ1) is 16.7. The van der Waals surface area contributed by atoms with Crippen LogP contribution in [-0.4, -0.2) is 31.9 Å². The van der Waals surface area contributed by atoms with Crippen LogP contribution in [0.4, 0.5) is 0 Å². The Hall–Kier alpha value is -3.39. The van der Waals surface area contributed by atoms with Crippen LogP contribution in [0.25, 0.3) is 0 Å². The number of esters is 2. The molecule has 0 fully saturated rings. The number of carbonyl (C=O) groups is 3. The van der Waals surface area contributed by atoms with Crippen LogP contribution >= 0.6 is 11.3 Å². The largest absolute Gasteiger partial charge is 0.497 e. The molecule has 2 heterocycles. The second kappa shape index (κ2) is 10.1. The Bertz CT molecular complexity index is 1220. The van der Waals surface area contributed by atoms with E-state index >= 15 is 0 Å². The molecule has 1 aromatic carbocycles. The van der Waals surface area contributed by atoms with Gasteiger partial charge in [0.1, 0.15) is 18.3 Å². The lowest BCUT2D eigenvalue weighted by Gasteiger charge is -2.37. The van der Waals surface area contributed by atoms with E-state index in [-0.39, 0.29) is 18.3 Å². The number of rotatable bonds is 6. The van der Waals surface area contributed by atoms with Crippen LogP contribution in [0.5, 0.6) is 5.75 Å². The second-order valence-corrected chi connectivity index (χ2v) is 10.2. The van der Waals surface area contributed by atoms with E-state index in [2.05, 4.69) is 5.32 Å². The quantitative estimate of drug-likeness (QED) is 0.469. The average Bonchev–Trinajstić information content (AvgIpc) is 3.27. The van der Waals surface area contributed by atoms with Gasteiger partial charge in [0.2, 0.25) is 0 Å². The van der Waals surface area contributed by atoms with Crippen molar-refractivity contribution in [2.24, 2.45) is 11.8 Å². The lowest BCUT2D eigenvalue weighted by atomic mass is 9.70. The van der Waals surface area contributed by atoms with Crippen LogP contribution in [0.15, 0.2) is 58.9 Å². The Balaban J connectivity index is 1.69. The summed E-state index contributed by atoms with van der Waals surface area (Å²) in [7, 11) is 2.88. The number of methoxy groups -OCH3 is 2. The number of ketones is 1. The van der Waals surface area contributed by atoms with Crippen LogP contribution < -0.4 is 10.1 Å². The first kappa shape index (κ1) is 24.7. The molecule has 2 aliphatic rings. The molecule has 1 aliphatic heterocycles. The molecule has 4 rings (SSSR count). The standard InChI is InChI=1S/C27H29NO6S/c1-14-12-19-23(25(29)21(14)26(30)33-5)24(20-11-6-15(2)35-20)22(16(3)28-19)27(31)34-13-17-7-9-18(32-4)10-8-17/h6-11,14,21,24,28H,12-13H2,1-5H3/t14-,21+,24+/m1/s1. The number of allylic oxidation sites excluding steroid dienone is 3. The van der Waals surface area contributed by atoms with E-state index in [1.54, 1.807) is 19.2 Å². The highest BCUT2D eigenvalue weighted by atomic mass is 32.1. The van der Waals surface area contributed by atoms with Gasteiger partial charge >= 0.3 is 11.9 Å². The number of benzene rings is 1. The Morgan fingerprint density at radius 2 is 1.80 bits per heavy atom. The number of hydrogen-bond acceptors (Lipinski definition) is 8. The van der Waals surface area contributed by atoms with Gasteiger partial charge in [0, 0.05) is 26.7 Å². The molecule has 0 unspecified atom stereocenters. The van der Waals surface area contributed by atoms with Gasteiger partial charge in [-0.1, -0.05) is 19.1 Å². The van der Waals surface area contributed by atoms with Crippen molar-refractivity contribution >= 4 is 29.1 Å². The Kier molecular flexibility index (Phi) is 7.12. The highest BCUT2D eigenvalue weighted by Crippen LogP contribution is 2.47. The van der Waals surface area contributed by atoms with Crippen molar-refractivity contribution in [1.82, 2.24) is 5.32 Å².